The molecular formula is C46H29BCl2F8N4NaO8S2. The minimum Gasteiger partial charge on any atom is -1.00 e. The Balaban J connectivity index is 0.000000304. The molecule has 0 aliphatic heterocycles. The third-order valence-electron chi connectivity index (χ3n) is 10.4. The van der Waals surface area contributed by atoms with Gasteiger partial charge in [0.1, 0.15) is 17.3 Å². The summed E-state index contributed by atoms with van der Waals surface area (Å²) >= 11 is 11.9. The Morgan fingerprint density at radius 2 is 1.01 bits per heavy atom. The smallest absolute Gasteiger partial charge is 1.00 e. The minimum atomic E-state index is -4.78. The Labute approximate surface area is 438 Å². The van der Waals surface area contributed by atoms with Gasteiger partial charge in [0.15, 0.2) is 17.9 Å². The molecule has 12 nitrogen and oxygen atoms in total. The van der Waals surface area contributed by atoms with E-state index >= 15 is 0 Å². The van der Waals surface area contributed by atoms with Gasteiger partial charge in [-0.1, -0.05) is 71.7 Å². The first-order valence-corrected chi connectivity index (χ1v) is 23.4. The number of aldehydes is 1. The standard InChI is InChI=1S/C23H15ClF4N2O4S.C23H13ClF4N2O4S.B.Na.H/c2*24-17-5-2-6-18(25)22(17)21(32)10-13-7-8-16-19(12-31)29-30(20(16)9-13)35(33,34)15-4-1-3-14(11-15)23(26,27)28;;;/h1-9,11,31H,10,12H2;1-9,11-12H,10H2;;;/q;;;+1;-1. The summed E-state index contributed by atoms with van der Waals surface area (Å²) in [7, 11) is -9.29. The van der Waals surface area contributed by atoms with Crippen molar-refractivity contribution in [3.8, 4) is 0 Å². The fourth-order valence-corrected chi connectivity index (χ4v) is 10.3. The number of aromatic nitrogens is 4. The number of alkyl halides is 6. The zero-order valence-corrected chi connectivity index (χ0v) is 41.7. The van der Waals surface area contributed by atoms with Crippen LogP contribution in [0.15, 0.2) is 131 Å². The number of halogens is 10. The van der Waals surface area contributed by atoms with Crippen molar-refractivity contribution in [2.45, 2.75) is 41.6 Å². The fraction of sp³-hybridized carbons (Fsp3) is 0.109. The van der Waals surface area contributed by atoms with Gasteiger partial charge in [-0.05, 0) is 83.9 Å². The van der Waals surface area contributed by atoms with Crippen LogP contribution in [0.1, 0.15) is 60.6 Å². The molecule has 0 atom stereocenters. The van der Waals surface area contributed by atoms with E-state index in [-0.39, 0.29) is 118 Å². The van der Waals surface area contributed by atoms with Crippen molar-refractivity contribution in [3.63, 3.8) is 0 Å². The monoisotopic (exact) mass is 1090 g/mol. The van der Waals surface area contributed by atoms with Crippen LogP contribution in [0.2, 0.25) is 10.0 Å². The first-order chi connectivity index (χ1) is 32.9. The summed E-state index contributed by atoms with van der Waals surface area (Å²) in [4.78, 5) is 35.4. The van der Waals surface area contributed by atoms with Gasteiger partial charge in [0.25, 0.3) is 20.0 Å². The second-order valence-electron chi connectivity index (χ2n) is 15.0. The Morgan fingerprint density at radius 3 is 1.42 bits per heavy atom. The molecule has 0 spiro atoms. The van der Waals surface area contributed by atoms with E-state index in [1.165, 1.54) is 60.7 Å². The van der Waals surface area contributed by atoms with Crippen molar-refractivity contribution >= 4 is 91.3 Å². The number of fused-ring (bicyclic) bond motifs is 2. The zero-order valence-electron chi connectivity index (χ0n) is 37.5. The number of hydrogen-bond donors (Lipinski definition) is 1. The number of carbonyl (C=O) groups excluding carboxylic acids is 3. The quantitative estimate of drug-likeness (QED) is 0.0578. The maximum Gasteiger partial charge on any atom is 1.00 e. The molecule has 26 heteroatoms. The van der Waals surface area contributed by atoms with Crippen LogP contribution >= 0.6 is 23.2 Å². The molecule has 8 aromatic rings. The molecule has 2 heterocycles. The van der Waals surface area contributed by atoms with Crippen molar-refractivity contribution < 1.29 is 102 Å². The fourth-order valence-electron chi connectivity index (χ4n) is 7.09. The van der Waals surface area contributed by atoms with Crippen LogP contribution < -0.4 is 29.6 Å². The molecule has 0 bridgehead atoms. The molecule has 0 aliphatic carbocycles. The van der Waals surface area contributed by atoms with Gasteiger partial charge in [-0.3, -0.25) is 14.4 Å². The normalized spacial score (nSPS) is 11.9. The third kappa shape index (κ3) is 11.7. The van der Waals surface area contributed by atoms with Gasteiger partial charge in [-0.15, -0.1) is 0 Å². The summed E-state index contributed by atoms with van der Waals surface area (Å²) in [5.74, 6) is -3.00. The Morgan fingerprint density at radius 1 is 0.611 bits per heavy atom. The van der Waals surface area contributed by atoms with Crippen molar-refractivity contribution in [1.82, 2.24) is 18.4 Å². The number of carbonyl (C=O) groups is 3. The third-order valence-corrected chi connectivity index (χ3v) is 14.2. The molecule has 0 aliphatic rings. The molecule has 367 valence electrons. The number of aliphatic hydroxyl groups is 1. The summed E-state index contributed by atoms with van der Waals surface area (Å²) in [5, 5.41) is 17.4. The van der Waals surface area contributed by atoms with Crippen LogP contribution in [0.3, 0.4) is 0 Å². The minimum absolute atomic E-state index is 0. The first-order valence-electron chi connectivity index (χ1n) is 19.7. The number of nitrogens with zero attached hydrogens (tertiary/aromatic N) is 4. The van der Waals surface area contributed by atoms with Gasteiger partial charge in [-0.25, -0.2) is 8.78 Å². The van der Waals surface area contributed by atoms with Crippen molar-refractivity contribution in [2.75, 3.05) is 0 Å². The van der Waals surface area contributed by atoms with E-state index in [2.05, 4.69) is 10.2 Å². The summed E-state index contributed by atoms with van der Waals surface area (Å²) in [6.07, 6.45) is -9.98. The van der Waals surface area contributed by atoms with E-state index in [0.717, 1.165) is 42.5 Å². The van der Waals surface area contributed by atoms with Gasteiger partial charge < -0.3 is 6.53 Å². The zero-order chi connectivity index (χ0) is 51.1. The predicted molar refractivity (Wildman–Crippen MR) is 245 cm³/mol. The van der Waals surface area contributed by atoms with Crippen LogP contribution in [0.25, 0.3) is 21.8 Å². The molecule has 1 N–H and O–H groups in total. The Kier molecular flexibility index (Phi) is 17.6. The second kappa shape index (κ2) is 22.1. The van der Waals surface area contributed by atoms with Crippen LogP contribution in [0.4, 0.5) is 35.1 Å². The van der Waals surface area contributed by atoms with E-state index in [4.69, 9.17) is 23.2 Å². The topological polar surface area (TPSA) is 175 Å². The van der Waals surface area contributed by atoms with Crippen LogP contribution in [0.5, 0.6) is 0 Å². The van der Waals surface area contributed by atoms with Gasteiger partial charge in [0, 0.05) is 32.0 Å². The van der Waals surface area contributed by atoms with Gasteiger partial charge in [0.2, 0.25) is 0 Å². The molecule has 0 unspecified atom stereocenters. The molecule has 0 fully saturated rings. The largest absolute Gasteiger partial charge is 1.00 e. The number of ketones is 2. The maximum absolute atomic E-state index is 14.1. The van der Waals surface area contributed by atoms with Crippen molar-refractivity contribution in [2.24, 2.45) is 0 Å². The number of hydrogen-bond acceptors (Lipinski definition) is 10. The summed E-state index contributed by atoms with van der Waals surface area (Å²) < 4.78 is 161. The van der Waals surface area contributed by atoms with Crippen molar-refractivity contribution in [1.29, 1.82) is 0 Å². The predicted octanol–water partition coefficient (Wildman–Crippen LogP) is 7.06. The molecule has 8 rings (SSSR count). The van der Waals surface area contributed by atoms with E-state index in [1.807, 2.05) is 0 Å². The summed E-state index contributed by atoms with van der Waals surface area (Å²) in [5.41, 5.74) is -3.03. The average Bonchev–Trinajstić information content (AvgIpc) is 3.87. The second-order valence-corrected chi connectivity index (χ2v) is 19.3. The number of aliphatic hydroxyl groups excluding tert-OH is 1. The molecule has 0 saturated carbocycles. The average molecular weight is 1090 g/mol. The SMILES string of the molecule is O=C(Cc1ccc2c(CO)nn(S(=O)(=O)c3cccc(C(F)(F)F)c3)c2c1)c1c(F)cccc1Cl.O=Cc1nn(S(=O)(=O)c2cccc(C(F)(F)F)c2)c2cc(CC(=O)c3c(F)cccc3Cl)ccc12.[B].[H-].[Na+]. The van der Waals surface area contributed by atoms with Gasteiger partial charge in [-0.2, -0.15) is 61.5 Å². The van der Waals surface area contributed by atoms with Crippen molar-refractivity contribution in [3.05, 3.63) is 188 Å². The molecule has 3 radical (unpaired) electrons. The molecule has 72 heavy (non-hydrogen) atoms. The number of benzene rings is 6. The Bertz CT molecular complexity index is 3620. The molecule has 2 aromatic heterocycles. The molecule has 0 amide bonds. The van der Waals surface area contributed by atoms with E-state index in [0.29, 0.717) is 32.7 Å². The maximum atomic E-state index is 14.1. The van der Waals surface area contributed by atoms with Crippen LogP contribution in [-0.2, 0) is 51.8 Å². The summed E-state index contributed by atoms with van der Waals surface area (Å²) in [6, 6.07) is 21.9. The van der Waals surface area contributed by atoms with Gasteiger partial charge >= 0.3 is 41.9 Å². The molecular weight excluding hydrogens is 1060 g/mol. The summed E-state index contributed by atoms with van der Waals surface area (Å²) in [6.45, 7) is -0.648. The Hall–Kier alpha value is -5.79. The number of rotatable bonds is 12. The van der Waals surface area contributed by atoms with Crippen LogP contribution in [-0.4, -0.2) is 66.6 Å². The number of Topliss-reactive ketones (excluding diaryl/α,β-unsaturated/α-hetero) is 2. The van der Waals surface area contributed by atoms with E-state index < -0.39 is 83.1 Å². The van der Waals surface area contributed by atoms with Crippen LogP contribution in [0, 0.1) is 11.6 Å². The van der Waals surface area contributed by atoms with E-state index in [1.54, 1.807) is 0 Å². The molecule has 0 saturated heterocycles. The van der Waals surface area contributed by atoms with Gasteiger partial charge in [0.05, 0.1) is 65.4 Å². The molecule has 6 aromatic carbocycles. The van der Waals surface area contributed by atoms with E-state index in [9.17, 15) is 71.4 Å². The first kappa shape index (κ1) is 57.1.